The van der Waals surface area contributed by atoms with Gasteiger partial charge in [0.25, 0.3) is 0 Å². The van der Waals surface area contributed by atoms with Gasteiger partial charge in [0, 0.05) is 16.6 Å². The van der Waals surface area contributed by atoms with E-state index in [1.807, 2.05) is 62.4 Å². The highest BCUT2D eigenvalue weighted by Crippen LogP contribution is 2.33. The second-order valence-corrected chi connectivity index (χ2v) is 10.8. The third kappa shape index (κ3) is 14.3. The smallest absolute Gasteiger partial charge is 0.333 e. The van der Waals surface area contributed by atoms with Crippen LogP contribution in [0.4, 0.5) is 0 Å². The number of hydrogen-bond acceptors (Lipinski definition) is 10. The molecule has 2 rings (SSSR count). The van der Waals surface area contributed by atoms with Gasteiger partial charge in [-0.1, -0.05) is 51.3 Å². The van der Waals surface area contributed by atoms with Gasteiger partial charge in [-0.3, -0.25) is 0 Å². The van der Waals surface area contributed by atoms with Gasteiger partial charge in [0.15, 0.2) is 12.6 Å². The molecule has 2 unspecified atom stereocenters. The Hall–Kier alpha value is -3.70. The maximum absolute atomic E-state index is 11.3. The molecule has 0 saturated heterocycles. The molecule has 0 aliphatic carbocycles. The molecule has 2 aromatic carbocycles. The van der Waals surface area contributed by atoms with Gasteiger partial charge >= 0.3 is 11.9 Å². The molecule has 0 N–H and O–H groups in total. The molecule has 0 aliphatic rings. The minimum Gasteiger partial charge on any atom is -0.465 e. The van der Waals surface area contributed by atoms with E-state index in [2.05, 4.69) is 27.0 Å². The van der Waals surface area contributed by atoms with E-state index in [4.69, 9.17) is 37.9 Å². The van der Waals surface area contributed by atoms with Gasteiger partial charge in [0.1, 0.15) is 24.7 Å². The molecule has 0 fully saturated rings. The summed E-state index contributed by atoms with van der Waals surface area (Å²) in [7, 11) is 0. The molecule has 10 heteroatoms. The summed E-state index contributed by atoms with van der Waals surface area (Å²) >= 11 is 0. The van der Waals surface area contributed by atoms with Gasteiger partial charge in [-0.2, -0.15) is 0 Å². The Morgan fingerprint density at radius 3 is 1.27 bits per heavy atom. The predicted molar refractivity (Wildman–Crippen MR) is 170 cm³/mol. The summed E-state index contributed by atoms with van der Waals surface area (Å²) in [6.07, 6.45) is -0.920. The minimum atomic E-state index is -0.460. The van der Waals surface area contributed by atoms with Crippen LogP contribution in [-0.2, 0) is 43.4 Å². The number of hydrogen-bond donors (Lipinski definition) is 0. The summed E-state index contributed by atoms with van der Waals surface area (Å²) < 4.78 is 43.8. The number of carbonyl (C=O) groups excluding carboxylic acids is 2. The first kappa shape index (κ1) is 37.5. The summed E-state index contributed by atoms with van der Waals surface area (Å²) in [5, 5.41) is 0. The molecule has 45 heavy (non-hydrogen) atoms. The standard InChI is InChI=1S/C35H48O10/c1-25(2)33(36)42-23-19-38-17-21-40-27(5)44-31-13-9-29(10-14-31)35(7,8)30-11-15-32(16-12-30)45-28(6)41-22-18-39-20-24-43-34(37)26(3)4/h9-16,27-28H,1,3,17-24H2,2,4-8H3. The zero-order valence-electron chi connectivity index (χ0n) is 27.4. The molecule has 10 nitrogen and oxygen atoms in total. The Morgan fingerprint density at radius 1 is 0.600 bits per heavy atom. The number of esters is 2. The van der Waals surface area contributed by atoms with Gasteiger partial charge in [-0.15, -0.1) is 0 Å². The van der Waals surface area contributed by atoms with Crippen molar-refractivity contribution in [3.8, 4) is 11.5 Å². The van der Waals surface area contributed by atoms with Gasteiger partial charge < -0.3 is 37.9 Å². The van der Waals surface area contributed by atoms with Crippen molar-refractivity contribution in [3.05, 3.63) is 84.0 Å². The van der Waals surface area contributed by atoms with Crippen LogP contribution in [0.5, 0.6) is 11.5 Å². The first-order valence-electron chi connectivity index (χ1n) is 15.0. The normalized spacial score (nSPS) is 12.6. The highest BCUT2D eigenvalue weighted by Gasteiger charge is 2.23. The fraction of sp³-hybridized carbons (Fsp3) is 0.486. The lowest BCUT2D eigenvalue weighted by molar-refractivity contribution is -0.141. The van der Waals surface area contributed by atoms with E-state index in [0.29, 0.717) is 49.1 Å². The van der Waals surface area contributed by atoms with Gasteiger partial charge in [0.2, 0.25) is 0 Å². The molecule has 0 saturated carbocycles. The SMILES string of the molecule is C=C(C)C(=O)OCCOCCOC(C)Oc1ccc(C(C)(C)c2ccc(OC(C)OCCOCCOC(=O)C(=C)C)cc2)cc1. The molecule has 0 heterocycles. The van der Waals surface area contributed by atoms with E-state index in [1.54, 1.807) is 13.8 Å². The fourth-order valence-corrected chi connectivity index (χ4v) is 3.90. The monoisotopic (exact) mass is 628 g/mol. The summed E-state index contributed by atoms with van der Waals surface area (Å²) in [5.74, 6) is 0.543. The highest BCUT2D eigenvalue weighted by atomic mass is 16.7. The average molecular weight is 629 g/mol. The number of carbonyl (C=O) groups is 2. The van der Waals surface area contributed by atoms with Crippen molar-refractivity contribution in [1.29, 1.82) is 0 Å². The van der Waals surface area contributed by atoms with E-state index in [0.717, 1.165) is 11.1 Å². The molecule has 2 atom stereocenters. The van der Waals surface area contributed by atoms with Crippen molar-refractivity contribution in [2.75, 3.05) is 52.9 Å². The first-order valence-corrected chi connectivity index (χ1v) is 15.0. The predicted octanol–water partition coefficient (Wildman–Crippen LogP) is 5.77. The quantitative estimate of drug-likeness (QED) is 0.0691. The summed E-state index contributed by atoms with van der Waals surface area (Å²) in [6, 6.07) is 15.9. The van der Waals surface area contributed by atoms with Gasteiger partial charge in [0.05, 0.1) is 39.6 Å². The lowest BCUT2D eigenvalue weighted by atomic mass is 9.78. The molecule has 248 valence electrons. The zero-order chi connectivity index (χ0) is 33.2. The van der Waals surface area contributed by atoms with Crippen LogP contribution in [0.15, 0.2) is 72.8 Å². The summed E-state index contributed by atoms with van der Waals surface area (Å²) in [5.41, 5.74) is 2.72. The molecule has 0 aromatic heterocycles. The van der Waals surface area contributed by atoms with E-state index >= 15 is 0 Å². The lowest BCUT2D eigenvalue weighted by Gasteiger charge is -2.27. The van der Waals surface area contributed by atoms with E-state index in [-0.39, 0.29) is 31.8 Å². The average Bonchev–Trinajstić information content (AvgIpc) is 3.00. The van der Waals surface area contributed by atoms with Crippen LogP contribution >= 0.6 is 0 Å². The Labute approximate surface area is 267 Å². The van der Waals surface area contributed by atoms with E-state index in [1.165, 1.54) is 0 Å². The highest BCUT2D eigenvalue weighted by molar-refractivity contribution is 5.87. The molecule has 0 spiro atoms. The maximum Gasteiger partial charge on any atom is 0.333 e. The topological polar surface area (TPSA) is 108 Å². The van der Waals surface area contributed by atoms with Crippen LogP contribution in [0.25, 0.3) is 0 Å². The third-order valence-corrected chi connectivity index (χ3v) is 6.54. The van der Waals surface area contributed by atoms with Crippen molar-refractivity contribution in [2.24, 2.45) is 0 Å². The zero-order valence-corrected chi connectivity index (χ0v) is 27.4. The van der Waals surface area contributed by atoms with Crippen molar-refractivity contribution in [1.82, 2.24) is 0 Å². The Morgan fingerprint density at radius 2 is 0.933 bits per heavy atom. The van der Waals surface area contributed by atoms with Crippen molar-refractivity contribution in [2.45, 2.75) is 59.5 Å². The van der Waals surface area contributed by atoms with E-state index in [9.17, 15) is 9.59 Å². The van der Waals surface area contributed by atoms with Crippen LogP contribution in [-0.4, -0.2) is 77.4 Å². The molecule has 0 aliphatic heterocycles. The molecule has 2 aromatic rings. The second-order valence-electron chi connectivity index (χ2n) is 10.8. The molecule has 0 bridgehead atoms. The molecular formula is C35H48O10. The van der Waals surface area contributed by atoms with Gasteiger partial charge in [-0.25, -0.2) is 9.59 Å². The lowest BCUT2D eigenvalue weighted by Crippen LogP contribution is -2.21. The van der Waals surface area contributed by atoms with Crippen LogP contribution in [0.1, 0.15) is 52.7 Å². The van der Waals surface area contributed by atoms with Crippen LogP contribution < -0.4 is 9.47 Å². The Kier molecular flexibility index (Phi) is 16.4. The number of benzene rings is 2. The van der Waals surface area contributed by atoms with Crippen molar-refractivity contribution >= 4 is 11.9 Å². The van der Waals surface area contributed by atoms with Crippen LogP contribution in [0.2, 0.25) is 0 Å². The summed E-state index contributed by atoms with van der Waals surface area (Å²) in [4.78, 5) is 22.6. The maximum atomic E-state index is 11.3. The number of ether oxygens (including phenoxy) is 8. The van der Waals surface area contributed by atoms with E-state index < -0.39 is 24.5 Å². The van der Waals surface area contributed by atoms with Crippen LogP contribution in [0, 0.1) is 0 Å². The van der Waals surface area contributed by atoms with Crippen molar-refractivity contribution in [3.63, 3.8) is 0 Å². The Bertz CT molecular complexity index is 1110. The largest absolute Gasteiger partial charge is 0.465 e. The molecular weight excluding hydrogens is 580 g/mol. The van der Waals surface area contributed by atoms with Gasteiger partial charge in [-0.05, 0) is 63.1 Å². The number of rotatable bonds is 22. The first-order chi connectivity index (χ1) is 21.4. The fourth-order valence-electron chi connectivity index (χ4n) is 3.90. The third-order valence-electron chi connectivity index (χ3n) is 6.54. The second kappa shape index (κ2) is 19.6. The molecule has 0 radical (unpaired) electrons. The Balaban J connectivity index is 1.70. The van der Waals surface area contributed by atoms with Crippen molar-refractivity contribution < 1.29 is 47.5 Å². The van der Waals surface area contributed by atoms with Crippen LogP contribution in [0.3, 0.4) is 0 Å². The minimum absolute atomic E-state index is 0.170. The molecule has 0 amide bonds. The summed E-state index contributed by atoms with van der Waals surface area (Å²) in [6.45, 7) is 20.5.